The fourth-order valence-corrected chi connectivity index (χ4v) is 6.07. The zero-order chi connectivity index (χ0) is 27.7. The quantitative estimate of drug-likeness (QED) is 0.286. The van der Waals surface area contributed by atoms with Gasteiger partial charge in [-0.2, -0.15) is 0 Å². The molecule has 198 valence electrons. The Morgan fingerprint density at radius 2 is 1.95 bits per heavy atom. The number of aromatic hydroxyl groups is 1. The maximum Gasteiger partial charge on any atom is 0.255 e. The summed E-state index contributed by atoms with van der Waals surface area (Å²) in [6.45, 7) is 0.145. The average Bonchev–Trinajstić information content (AvgIpc) is 3.30. The van der Waals surface area contributed by atoms with E-state index >= 15 is 0 Å². The van der Waals surface area contributed by atoms with Gasteiger partial charge < -0.3 is 35.6 Å². The highest BCUT2D eigenvalue weighted by Crippen LogP contribution is 2.52. The molecule has 3 aliphatic rings. The number of Topliss-reactive ketones (excluding diaryl/α,β-unsaturated/α-hetero) is 2. The molecule has 1 aromatic heterocycles. The molecular weight excluding hydrogens is 494 g/mol. The van der Waals surface area contributed by atoms with Crippen LogP contribution in [0, 0.1) is 11.8 Å². The first-order valence-corrected chi connectivity index (χ1v) is 12.0. The molecule has 0 aliphatic heterocycles. The number of aliphatic hydroxyl groups excluding tert-OH is 2. The van der Waals surface area contributed by atoms with Gasteiger partial charge in [-0.1, -0.05) is 0 Å². The Balaban J connectivity index is 1.66. The number of primary amides is 1. The molecule has 1 amide bonds. The van der Waals surface area contributed by atoms with Crippen molar-refractivity contribution < 1.29 is 39.6 Å². The lowest BCUT2D eigenvalue weighted by atomic mass is 9.60. The number of hydrogen-bond acceptors (Lipinski definition) is 9. The van der Waals surface area contributed by atoms with Crippen LogP contribution in [0.2, 0.25) is 0 Å². The fourth-order valence-electron chi connectivity index (χ4n) is 6.07. The molecular formula is C27H27N3O8. The summed E-state index contributed by atoms with van der Waals surface area (Å²) in [4.78, 5) is 51.7. The largest absolute Gasteiger partial charge is 0.511 e. The lowest BCUT2D eigenvalue weighted by Gasteiger charge is -2.46. The van der Waals surface area contributed by atoms with E-state index in [4.69, 9.17) is 5.73 Å². The Kier molecular flexibility index (Phi) is 5.71. The lowest BCUT2D eigenvalue weighted by Crippen LogP contribution is -2.57. The summed E-state index contributed by atoms with van der Waals surface area (Å²) < 4.78 is 1.68. The van der Waals surface area contributed by atoms with Crippen LogP contribution in [0.3, 0.4) is 0 Å². The first kappa shape index (κ1) is 25.3. The lowest BCUT2D eigenvalue weighted by molar-refractivity contribution is -0.144. The number of fused-ring (bicyclic) bond motifs is 3. The molecule has 5 rings (SSSR count). The van der Waals surface area contributed by atoms with Gasteiger partial charge in [0.1, 0.15) is 22.8 Å². The van der Waals surface area contributed by atoms with Gasteiger partial charge in [0.05, 0.1) is 12.1 Å². The van der Waals surface area contributed by atoms with Crippen molar-refractivity contribution >= 4 is 29.4 Å². The number of nitrogens with two attached hydrogens (primary N) is 1. The van der Waals surface area contributed by atoms with Crippen molar-refractivity contribution in [2.75, 3.05) is 19.0 Å². The molecule has 3 atom stereocenters. The van der Waals surface area contributed by atoms with Crippen molar-refractivity contribution in [1.29, 1.82) is 0 Å². The van der Waals surface area contributed by atoms with Gasteiger partial charge >= 0.3 is 0 Å². The van der Waals surface area contributed by atoms with Gasteiger partial charge in [0.2, 0.25) is 5.78 Å². The number of aldehydes is 1. The number of benzene rings is 1. The molecule has 11 nitrogen and oxygen atoms in total. The normalized spacial score (nSPS) is 24.6. The van der Waals surface area contributed by atoms with Gasteiger partial charge in [-0.05, 0) is 36.5 Å². The maximum absolute atomic E-state index is 13.9. The second-order valence-corrected chi connectivity index (χ2v) is 10.3. The van der Waals surface area contributed by atoms with Gasteiger partial charge in [0.25, 0.3) is 5.91 Å². The summed E-state index contributed by atoms with van der Waals surface area (Å²) in [5, 5.41) is 44.2. The smallest absolute Gasteiger partial charge is 0.255 e. The van der Waals surface area contributed by atoms with Crippen molar-refractivity contribution in [2.45, 2.75) is 31.4 Å². The number of phenols is 1. The molecule has 6 N–H and O–H groups in total. The molecule has 38 heavy (non-hydrogen) atoms. The summed E-state index contributed by atoms with van der Waals surface area (Å²) in [6.07, 6.45) is 3.96. The van der Waals surface area contributed by atoms with Crippen LogP contribution < -0.4 is 10.6 Å². The van der Waals surface area contributed by atoms with Crippen molar-refractivity contribution in [1.82, 2.24) is 4.57 Å². The monoisotopic (exact) mass is 521 g/mol. The van der Waals surface area contributed by atoms with E-state index in [0.29, 0.717) is 28.7 Å². The minimum absolute atomic E-state index is 0.0504. The Morgan fingerprint density at radius 3 is 2.55 bits per heavy atom. The minimum Gasteiger partial charge on any atom is -0.511 e. The number of aromatic nitrogens is 1. The van der Waals surface area contributed by atoms with E-state index in [1.165, 1.54) is 0 Å². The van der Waals surface area contributed by atoms with Crippen molar-refractivity contribution in [3.63, 3.8) is 0 Å². The van der Waals surface area contributed by atoms with Crippen molar-refractivity contribution in [2.24, 2.45) is 17.6 Å². The van der Waals surface area contributed by atoms with E-state index in [1.54, 1.807) is 48.1 Å². The molecule has 2 aromatic rings. The number of hydrogen-bond donors (Lipinski definition) is 5. The topological polar surface area (TPSA) is 183 Å². The van der Waals surface area contributed by atoms with E-state index in [-0.39, 0.29) is 42.7 Å². The third kappa shape index (κ3) is 3.46. The highest BCUT2D eigenvalue weighted by molar-refractivity contribution is 6.24. The van der Waals surface area contributed by atoms with Crippen LogP contribution in [0.25, 0.3) is 0 Å². The van der Waals surface area contributed by atoms with Gasteiger partial charge in [-0.15, -0.1) is 0 Å². The number of allylic oxidation sites excluding steroid dienone is 2. The molecule has 0 fully saturated rings. The number of aliphatic hydroxyl groups is 3. The molecule has 0 unspecified atom stereocenters. The van der Waals surface area contributed by atoms with Crippen molar-refractivity contribution in [3.8, 4) is 5.75 Å². The number of rotatable bonds is 5. The molecule has 11 heteroatoms. The third-order valence-corrected chi connectivity index (χ3v) is 7.86. The number of carbonyl (C=O) groups excluding carboxylic acids is 4. The number of ketones is 2. The van der Waals surface area contributed by atoms with Crippen LogP contribution in [-0.2, 0) is 22.6 Å². The van der Waals surface area contributed by atoms with Crippen LogP contribution in [0.5, 0.6) is 5.75 Å². The van der Waals surface area contributed by atoms with Crippen LogP contribution in [0.15, 0.2) is 47.2 Å². The van der Waals surface area contributed by atoms with Crippen LogP contribution in [0.4, 0.5) is 5.69 Å². The molecule has 0 spiro atoms. The molecule has 0 radical (unpaired) electrons. The van der Waals surface area contributed by atoms with E-state index < -0.39 is 52.0 Å². The second kappa shape index (κ2) is 8.59. The Labute approximate surface area is 217 Å². The average molecular weight is 522 g/mol. The first-order chi connectivity index (χ1) is 17.9. The standard InChI is InChI=1S/C27H27N3O8/c1-29(2)17-7-14(10-30-4-3-12(9-30)11-31)22(33)20-16(17)6-13-5-15-8-18(32)21(26(28)37)25(36)27(15,38)24(35)19(13)23(20)34/h3-4,7,9,11,13,15,32-33,35,38H,5-6,8,10H2,1-2H3,(H2,28,37)/t13-,15+,27+/m1/s1. The van der Waals surface area contributed by atoms with E-state index in [2.05, 4.69) is 0 Å². The summed E-state index contributed by atoms with van der Waals surface area (Å²) in [7, 11) is 3.58. The van der Waals surface area contributed by atoms with Crippen molar-refractivity contribution in [3.05, 3.63) is 69.4 Å². The van der Waals surface area contributed by atoms with Crippen LogP contribution >= 0.6 is 0 Å². The first-order valence-electron chi connectivity index (χ1n) is 12.0. The Hall–Kier alpha value is -4.38. The predicted octanol–water partition coefficient (Wildman–Crippen LogP) is 1.31. The van der Waals surface area contributed by atoms with Gasteiger partial charge in [-0.25, -0.2) is 0 Å². The Bertz CT molecular complexity index is 1500. The molecule has 0 bridgehead atoms. The SMILES string of the molecule is CN(C)c1cc(Cn2ccc(C=O)c2)c(O)c2c1C[C@H]1C[C@H]3CC(O)=C(C(N)=O)C(=O)[C@@]3(O)C(O)=C1C2=O. The van der Waals surface area contributed by atoms with E-state index in [0.717, 1.165) is 0 Å². The maximum atomic E-state index is 13.9. The van der Waals surface area contributed by atoms with E-state index in [9.17, 15) is 39.6 Å². The number of anilines is 1. The highest BCUT2D eigenvalue weighted by atomic mass is 16.3. The molecule has 0 saturated heterocycles. The highest BCUT2D eigenvalue weighted by Gasteiger charge is 2.59. The molecule has 0 saturated carbocycles. The number of amides is 1. The summed E-state index contributed by atoms with van der Waals surface area (Å²) in [5.74, 6) is -6.60. The Morgan fingerprint density at radius 1 is 1.24 bits per heavy atom. The minimum atomic E-state index is -2.61. The number of nitrogens with zero attached hydrogens (tertiary/aromatic N) is 2. The van der Waals surface area contributed by atoms with Crippen LogP contribution in [0.1, 0.15) is 44.7 Å². The van der Waals surface area contributed by atoms with Gasteiger partial charge in [0, 0.05) is 61.2 Å². The zero-order valence-electron chi connectivity index (χ0n) is 20.8. The number of phenolic OH excluding ortho intramolecular Hbond substituents is 1. The van der Waals surface area contributed by atoms with E-state index in [1.807, 2.05) is 0 Å². The molecule has 1 aromatic carbocycles. The summed E-state index contributed by atoms with van der Waals surface area (Å²) in [5.41, 5.74) is 3.61. The second-order valence-electron chi connectivity index (χ2n) is 10.3. The molecule has 3 aliphatic carbocycles. The third-order valence-electron chi connectivity index (χ3n) is 7.86. The summed E-state index contributed by atoms with van der Waals surface area (Å²) >= 11 is 0. The molecule has 1 heterocycles. The zero-order valence-corrected chi connectivity index (χ0v) is 20.8. The van der Waals surface area contributed by atoms with Gasteiger partial charge in [-0.3, -0.25) is 19.2 Å². The van der Waals surface area contributed by atoms with Gasteiger partial charge in [0.15, 0.2) is 17.7 Å². The van der Waals surface area contributed by atoms with Crippen LogP contribution in [-0.4, -0.2) is 68.4 Å². The predicted molar refractivity (Wildman–Crippen MR) is 134 cm³/mol. The fraction of sp³-hybridized carbons (Fsp3) is 0.333. The summed E-state index contributed by atoms with van der Waals surface area (Å²) in [6, 6.07) is 3.37. The number of carbonyl (C=O) groups is 4.